The van der Waals surface area contributed by atoms with Crippen molar-refractivity contribution in [1.29, 1.82) is 0 Å². The monoisotopic (exact) mass is 277 g/mol. The lowest BCUT2D eigenvalue weighted by atomic mass is 10.2. The van der Waals surface area contributed by atoms with Gasteiger partial charge in [-0.2, -0.15) is 0 Å². The minimum atomic E-state index is 0.499. The van der Waals surface area contributed by atoms with Crippen LogP contribution in [0.15, 0.2) is 30.3 Å². The Balaban J connectivity index is 2.09. The number of thiophene rings is 1. The lowest BCUT2D eigenvalue weighted by Crippen LogP contribution is -2.00. The molecule has 0 fully saturated rings. The van der Waals surface area contributed by atoms with Gasteiger partial charge in [-0.05, 0) is 36.2 Å². The number of benzene rings is 1. The first-order valence-electron chi connectivity index (χ1n) is 6.34. The van der Waals surface area contributed by atoms with Crippen LogP contribution in [0.1, 0.15) is 22.2 Å². The third kappa shape index (κ3) is 3.49. The van der Waals surface area contributed by atoms with Crippen LogP contribution < -0.4 is 15.2 Å². The number of rotatable bonds is 6. The van der Waals surface area contributed by atoms with E-state index in [9.17, 15) is 0 Å². The third-order valence-electron chi connectivity index (χ3n) is 2.90. The molecule has 2 aromatic rings. The van der Waals surface area contributed by atoms with E-state index in [0.717, 1.165) is 23.5 Å². The van der Waals surface area contributed by atoms with Gasteiger partial charge in [0.25, 0.3) is 0 Å². The second-order valence-electron chi connectivity index (χ2n) is 4.20. The molecule has 0 bridgehead atoms. The van der Waals surface area contributed by atoms with E-state index in [4.69, 9.17) is 15.2 Å². The van der Waals surface area contributed by atoms with E-state index in [1.807, 2.05) is 18.2 Å². The summed E-state index contributed by atoms with van der Waals surface area (Å²) in [5, 5.41) is 0. The normalized spacial score (nSPS) is 10.5. The Morgan fingerprint density at radius 2 is 1.89 bits per heavy atom. The summed E-state index contributed by atoms with van der Waals surface area (Å²) >= 11 is 1.79. The van der Waals surface area contributed by atoms with Crippen molar-refractivity contribution in [2.24, 2.45) is 5.73 Å². The molecule has 0 spiro atoms. The number of aryl methyl sites for hydroxylation is 1. The van der Waals surface area contributed by atoms with E-state index in [2.05, 4.69) is 19.1 Å². The van der Waals surface area contributed by atoms with Crippen molar-refractivity contribution in [2.75, 3.05) is 7.11 Å². The second-order valence-corrected chi connectivity index (χ2v) is 5.45. The zero-order chi connectivity index (χ0) is 13.7. The van der Waals surface area contributed by atoms with E-state index in [-0.39, 0.29) is 0 Å². The van der Waals surface area contributed by atoms with E-state index in [1.165, 1.54) is 9.75 Å². The molecule has 0 aliphatic rings. The first kappa shape index (κ1) is 13.9. The molecule has 0 amide bonds. The van der Waals surface area contributed by atoms with Gasteiger partial charge in [-0.1, -0.05) is 13.0 Å². The van der Waals surface area contributed by atoms with Gasteiger partial charge < -0.3 is 15.2 Å². The first-order valence-corrected chi connectivity index (χ1v) is 7.15. The fraction of sp³-hybridized carbons (Fsp3) is 0.333. The van der Waals surface area contributed by atoms with Crippen molar-refractivity contribution >= 4 is 11.3 Å². The zero-order valence-corrected chi connectivity index (χ0v) is 12.1. The van der Waals surface area contributed by atoms with Gasteiger partial charge in [0.15, 0.2) is 11.5 Å². The largest absolute Gasteiger partial charge is 0.493 e. The van der Waals surface area contributed by atoms with Crippen LogP contribution in [0.4, 0.5) is 0 Å². The van der Waals surface area contributed by atoms with Crippen molar-refractivity contribution in [3.63, 3.8) is 0 Å². The Hall–Kier alpha value is -1.52. The number of nitrogens with two attached hydrogens (primary N) is 1. The summed E-state index contributed by atoms with van der Waals surface area (Å²) in [7, 11) is 1.64. The fourth-order valence-electron chi connectivity index (χ4n) is 1.80. The summed E-state index contributed by atoms with van der Waals surface area (Å²) in [4.78, 5) is 2.60. The van der Waals surface area contributed by atoms with E-state index in [1.54, 1.807) is 18.4 Å². The summed E-state index contributed by atoms with van der Waals surface area (Å²) in [6, 6.07) is 10.0. The molecule has 3 nitrogen and oxygen atoms in total. The van der Waals surface area contributed by atoms with Crippen molar-refractivity contribution in [3.8, 4) is 11.5 Å². The maximum atomic E-state index is 5.84. The molecule has 1 heterocycles. The fourth-order valence-corrected chi connectivity index (χ4v) is 2.67. The molecule has 0 aliphatic heterocycles. The number of hydrogen-bond donors (Lipinski definition) is 1. The van der Waals surface area contributed by atoms with Gasteiger partial charge in [-0.15, -0.1) is 11.3 Å². The molecule has 102 valence electrons. The van der Waals surface area contributed by atoms with Crippen LogP contribution >= 0.6 is 11.3 Å². The van der Waals surface area contributed by atoms with Crippen molar-refractivity contribution in [1.82, 2.24) is 0 Å². The summed E-state index contributed by atoms with van der Waals surface area (Å²) in [6.07, 6.45) is 1.07. The van der Waals surface area contributed by atoms with Gasteiger partial charge in [-0.25, -0.2) is 0 Å². The van der Waals surface area contributed by atoms with Crippen molar-refractivity contribution in [3.05, 3.63) is 45.6 Å². The second kappa shape index (κ2) is 6.59. The Labute approximate surface area is 118 Å². The van der Waals surface area contributed by atoms with Crippen LogP contribution in [0.5, 0.6) is 11.5 Å². The van der Waals surface area contributed by atoms with Crippen LogP contribution in [0.2, 0.25) is 0 Å². The molecule has 0 unspecified atom stereocenters. The quantitative estimate of drug-likeness (QED) is 0.880. The Kier molecular flexibility index (Phi) is 4.82. The molecule has 1 aromatic carbocycles. The van der Waals surface area contributed by atoms with Gasteiger partial charge in [0.2, 0.25) is 0 Å². The van der Waals surface area contributed by atoms with Crippen LogP contribution in [-0.2, 0) is 19.6 Å². The average molecular weight is 277 g/mol. The first-order chi connectivity index (χ1) is 9.26. The van der Waals surface area contributed by atoms with E-state index in [0.29, 0.717) is 13.2 Å². The highest BCUT2D eigenvalue weighted by molar-refractivity contribution is 7.11. The molecule has 0 saturated carbocycles. The van der Waals surface area contributed by atoms with Gasteiger partial charge >= 0.3 is 0 Å². The van der Waals surface area contributed by atoms with Crippen LogP contribution in [-0.4, -0.2) is 7.11 Å². The van der Waals surface area contributed by atoms with Gasteiger partial charge in [0.1, 0.15) is 6.61 Å². The minimum absolute atomic E-state index is 0.499. The van der Waals surface area contributed by atoms with Crippen LogP contribution in [0.3, 0.4) is 0 Å². The van der Waals surface area contributed by atoms with E-state index >= 15 is 0 Å². The number of ether oxygens (including phenoxy) is 2. The highest BCUT2D eigenvalue weighted by atomic mass is 32.1. The highest BCUT2D eigenvalue weighted by Crippen LogP contribution is 2.29. The Bertz CT molecular complexity index is 537. The van der Waals surface area contributed by atoms with Gasteiger partial charge in [0.05, 0.1) is 7.11 Å². The molecule has 0 atom stereocenters. The lowest BCUT2D eigenvalue weighted by molar-refractivity contribution is 0.287. The molecular weight excluding hydrogens is 258 g/mol. The van der Waals surface area contributed by atoms with Gasteiger partial charge in [-0.3, -0.25) is 0 Å². The molecule has 19 heavy (non-hydrogen) atoms. The maximum Gasteiger partial charge on any atom is 0.162 e. The zero-order valence-electron chi connectivity index (χ0n) is 11.3. The Morgan fingerprint density at radius 1 is 1.11 bits per heavy atom. The summed E-state index contributed by atoms with van der Waals surface area (Å²) in [6.45, 7) is 3.22. The van der Waals surface area contributed by atoms with Gasteiger partial charge in [0, 0.05) is 16.3 Å². The molecule has 0 aliphatic carbocycles. The minimum Gasteiger partial charge on any atom is -0.493 e. The predicted octanol–water partition coefficient (Wildman–Crippen LogP) is 3.36. The van der Waals surface area contributed by atoms with Crippen molar-refractivity contribution < 1.29 is 9.47 Å². The summed E-state index contributed by atoms with van der Waals surface area (Å²) < 4.78 is 11.1. The topological polar surface area (TPSA) is 44.5 Å². The molecule has 0 saturated heterocycles. The summed E-state index contributed by atoms with van der Waals surface area (Å²) in [5.74, 6) is 1.49. The van der Waals surface area contributed by atoms with Crippen LogP contribution in [0.25, 0.3) is 0 Å². The molecule has 2 rings (SSSR count). The van der Waals surface area contributed by atoms with E-state index < -0.39 is 0 Å². The lowest BCUT2D eigenvalue weighted by Gasteiger charge is -2.11. The third-order valence-corrected chi connectivity index (χ3v) is 4.10. The smallest absolute Gasteiger partial charge is 0.162 e. The predicted molar refractivity (Wildman–Crippen MR) is 78.9 cm³/mol. The maximum absolute atomic E-state index is 5.84. The molecular formula is C15H19NO2S. The Morgan fingerprint density at radius 3 is 2.53 bits per heavy atom. The van der Waals surface area contributed by atoms with Crippen molar-refractivity contribution in [2.45, 2.75) is 26.5 Å². The number of hydrogen-bond acceptors (Lipinski definition) is 4. The SMILES string of the molecule is CCc1ccc(COc2cc(CN)ccc2OC)s1. The average Bonchev–Trinajstić information content (AvgIpc) is 2.92. The number of methoxy groups -OCH3 is 1. The highest BCUT2D eigenvalue weighted by Gasteiger charge is 2.06. The standard InChI is InChI=1S/C15H19NO2S/c1-3-12-5-6-13(19-12)10-18-15-8-11(9-16)4-7-14(15)17-2/h4-8H,3,9-10,16H2,1-2H3. The van der Waals surface area contributed by atoms with Crippen LogP contribution in [0, 0.1) is 0 Å². The molecule has 4 heteroatoms. The molecule has 0 radical (unpaired) electrons. The molecule has 1 aromatic heterocycles. The summed E-state index contributed by atoms with van der Waals surface area (Å²) in [5.41, 5.74) is 6.68. The molecule has 2 N–H and O–H groups in total.